The van der Waals surface area contributed by atoms with Gasteiger partial charge in [0.2, 0.25) is 0 Å². The minimum Gasteiger partial charge on any atom is -0.461 e. The van der Waals surface area contributed by atoms with Gasteiger partial charge in [-0.25, -0.2) is 9.18 Å². The van der Waals surface area contributed by atoms with Crippen LogP contribution in [0.3, 0.4) is 0 Å². The molecule has 1 fully saturated rings. The molecule has 0 aliphatic heterocycles. The normalized spacial score (nSPS) is 21.8. The molecule has 4 heteroatoms. The van der Waals surface area contributed by atoms with Gasteiger partial charge in [0, 0.05) is 5.69 Å². The summed E-state index contributed by atoms with van der Waals surface area (Å²) in [4.78, 5) is 14.6. The molecule has 0 unspecified atom stereocenters. The van der Waals surface area contributed by atoms with Gasteiger partial charge in [0.15, 0.2) is 11.5 Å². The summed E-state index contributed by atoms with van der Waals surface area (Å²) in [5.41, 5.74) is 0.828. The predicted octanol–water partition coefficient (Wildman–Crippen LogP) is 5.18. The third-order valence-electron chi connectivity index (χ3n) is 4.77. The molecule has 0 aromatic carbocycles. The quantitative estimate of drug-likeness (QED) is 0.556. The maximum atomic E-state index is 13.9. The van der Waals surface area contributed by atoms with Gasteiger partial charge >= 0.3 is 5.97 Å². The fourth-order valence-corrected chi connectivity index (χ4v) is 3.47. The zero-order valence-corrected chi connectivity index (χ0v) is 13.8. The predicted molar refractivity (Wildman–Crippen MR) is 85.5 cm³/mol. The van der Waals surface area contributed by atoms with Crippen molar-refractivity contribution in [2.75, 3.05) is 6.61 Å². The number of aromatic amines is 1. The summed E-state index contributed by atoms with van der Waals surface area (Å²) in [6.45, 7) is 4.22. The fraction of sp³-hybridized carbons (Fsp3) is 0.722. The van der Waals surface area contributed by atoms with E-state index in [2.05, 4.69) is 11.9 Å². The van der Waals surface area contributed by atoms with E-state index < -0.39 is 11.8 Å². The van der Waals surface area contributed by atoms with Gasteiger partial charge in [0.25, 0.3) is 0 Å². The Bertz CT molecular complexity index is 475. The van der Waals surface area contributed by atoms with Crippen molar-refractivity contribution < 1.29 is 13.9 Å². The van der Waals surface area contributed by atoms with E-state index in [1.807, 2.05) is 0 Å². The summed E-state index contributed by atoms with van der Waals surface area (Å²) in [6, 6.07) is 1.48. The lowest BCUT2D eigenvalue weighted by Crippen LogP contribution is -2.14. The van der Waals surface area contributed by atoms with Gasteiger partial charge in [-0.05, 0) is 50.5 Å². The molecule has 1 N–H and O–H groups in total. The minimum atomic E-state index is -0.598. The molecule has 0 amide bonds. The highest BCUT2D eigenvalue weighted by atomic mass is 19.1. The molecule has 22 heavy (non-hydrogen) atoms. The third kappa shape index (κ3) is 4.34. The van der Waals surface area contributed by atoms with E-state index in [1.165, 1.54) is 44.6 Å². The van der Waals surface area contributed by atoms with Crippen LogP contribution in [0.4, 0.5) is 4.39 Å². The summed E-state index contributed by atoms with van der Waals surface area (Å²) < 4.78 is 18.8. The van der Waals surface area contributed by atoms with Gasteiger partial charge < -0.3 is 9.72 Å². The second-order valence-electron chi connectivity index (χ2n) is 6.38. The molecular weight excluding hydrogens is 281 g/mol. The van der Waals surface area contributed by atoms with Crippen LogP contribution in [0.1, 0.15) is 87.3 Å². The van der Waals surface area contributed by atoms with Crippen LogP contribution in [0.5, 0.6) is 0 Å². The summed E-state index contributed by atoms with van der Waals surface area (Å²) in [5.74, 6) is 0.0882. The van der Waals surface area contributed by atoms with Crippen LogP contribution < -0.4 is 0 Å². The molecule has 0 radical (unpaired) electrons. The molecule has 0 bridgehead atoms. The minimum absolute atomic E-state index is 0.0260. The number of hydrogen-bond acceptors (Lipinski definition) is 2. The first-order chi connectivity index (χ1) is 10.7. The number of nitrogens with one attached hydrogen (secondary N) is 1. The average Bonchev–Trinajstić information content (AvgIpc) is 2.90. The van der Waals surface area contributed by atoms with Crippen molar-refractivity contribution in [3.05, 3.63) is 23.3 Å². The van der Waals surface area contributed by atoms with Crippen molar-refractivity contribution in [2.45, 2.75) is 71.1 Å². The number of halogens is 1. The summed E-state index contributed by atoms with van der Waals surface area (Å²) in [6.07, 6.45) is 9.84. The van der Waals surface area contributed by atoms with Crippen molar-refractivity contribution >= 4 is 5.97 Å². The van der Waals surface area contributed by atoms with Crippen molar-refractivity contribution in [2.24, 2.45) is 5.92 Å². The first-order valence-corrected chi connectivity index (χ1v) is 8.71. The van der Waals surface area contributed by atoms with Gasteiger partial charge in [0.1, 0.15) is 0 Å². The number of carbonyl (C=O) groups excluding carboxylic acids is 1. The molecule has 0 atom stereocenters. The van der Waals surface area contributed by atoms with Crippen LogP contribution in [0.15, 0.2) is 6.07 Å². The maximum Gasteiger partial charge on any atom is 0.357 e. The summed E-state index contributed by atoms with van der Waals surface area (Å²) in [7, 11) is 0. The first-order valence-electron chi connectivity index (χ1n) is 8.71. The highest BCUT2D eigenvalue weighted by Gasteiger charge is 2.26. The largest absolute Gasteiger partial charge is 0.461 e. The molecule has 1 aromatic heterocycles. The Balaban J connectivity index is 1.89. The number of hydrogen-bond donors (Lipinski definition) is 1. The third-order valence-corrected chi connectivity index (χ3v) is 4.77. The molecular formula is C18H28FNO2. The van der Waals surface area contributed by atoms with Crippen LogP contribution in [-0.4, -0.2) is 17.6 Å². The zero-order valence-electron chi connectivity index (χ0n) is 13.8. The molecule has 1 aromatic rings. The lowest BCUT2D eigenvalue weighted by molar-refractivity contribution is 0.0514. The lowest BCUT2D eigenvalue weighted by Gasteiger charge is -2.28. The second-order valence-corrected chi connectivity index (χ2v) is 6.38. The second kappa shape index (κ2) is 8.35. The fourth-order valence-electron chi connectivity index (χ4n) is 3.47. The van der Waals surface area contributed by atoms with Crippen molar-refractivity contribution in [3.8, 4) is 0 Å². The van der Waals surface area contributed by atoms with E-state index >= 15 is 0 Å². The number of carbonyl (C=O) groups is 1. The monoisotopic (exact) mass is 309 g/mol. The van der Waals surface area contributed by atoms with Crippen LogP contribution in [-0.2, 0) is 4.74 Å². The Hall–Kier alpha value is -1.32. The molecule has 1 aliphatic carbocycles. The van der Waals surface area contributed by atoms with Crippen LogP contribution >= 0.6 is 0 Å². The topological polar surface area (TPSA) is 42.1 Å². The highest BCUT2D eigenvalue weighted by molar-refractivity contribution is 5.87. The summed E-state index contributed by atoms with van der Waals surface area (Å²) >= 11 is 0. The maximum absolute atomic E-state index is 13.9. The summed E-state index contributed by atoms with van der Waals surface area (Å²) in [5, 5.41) is 0. The van der Waals surface area contributed by atoms with Crippen LogP contribution in [0, 0.1) is 11.7 Å². The SMILES string of the molecule is CCCCC[C@H]1CC[C@H](c2cc(F)c(C(=O)OCC)[nH]2)CC1. The molecule has 1 aliphatic rings. The van der Waals surface area contributed by atoms with Crippen molar-refractivity contribution in [1.82, 2.24) is 4.98 Å². The molecule has 3 nitrogen and oxygen atoms in total. The lowest BCUT2D eigenvalue weighted by atomic mass is 9.78. The number of ether oxygens (including phenoxy) is 1. The van der Waals surface area contributed by atoms with Crippen molar-refractivity contribution in [3.63, 3.8) is 0 Å². The Morgan fingerprint density at radius 2 is 2.00 bits per heavy atom. The zero-order chi connectivity index (χ0) is 15.9. The molecule has 0 saturated heterocycles. The Kier molecular flexibility index (Phi) is 6.47. The number of esters is 1. The average molecular weight is 309 g/mol. The van der Waals surface area contributed by atoms with E-state index in [4.69, 9.17) is 4.74 Å². The van der Waals surface area contributed by atoms with E-state index in [0.29, 0.717) is 5.92 Å². The van der Waals surface area contributed by atoms with Gasteiger partial charge in [-0.3, -0.25) is 0 Å². The Morgan fingerprint density at radius 1 is 1.27 bits per heavy atom. The number of unbranched alkanes of at least 4 members (excludes halogenated alkanes) is 2. The standard InChI is InChI=1S/C18H28FNO2/c1-3-5-6-7-13-8-10-14(11-9-13)16-12-15(19)17(20-16)18(21)22-4-2/h12-14,20H,3-11H2,1-2H3/t13-,14-. The van der Waals surface area contributed by atoms with Crippen LogP contribution in [0.2, 0.25) is 0 Å². The molecule has 1 saturated carbocycles. The number of aromatic nitrogens is 1. The van der Waals surface area contributed by atoms with E-state index in [-0.39, 0.29) is 12.3 Å². The molecule has 1 heterocycles. The van der Waals surface area contributed by atoms with E-state index in [9.17, 15) is 9.18 Å². The van der Waals surface area contributed by atoms with Gasteiger partial charge in [-0.1, -0.05) is 32.6 Å². The Morgan fingerprint density at radius 3 is 2.64 bits per heavy atom. The molecule has 124 valence electrons. The van der Waals surface area contributed by atoms with E-state index in [0.717, 1.165) is 24.5 Å². The molecule has 0 spiro atoms. The van der Waals surface area contributed by atoms with Gasteiger partial charge in [0.05, 0.1) is 6.61 Å². The smallest absolute Gasteiger partial charge is 0.357 e. The van der Waals surface area contributed by atoms with Crippen LogP contribution in [0.25, 0.3) is 0 Å². The van der Waals surface area contributed by atoms with Gasteiger partial charge in [-0.15, -0.1) is 0 Å². The number of H-pyrrole nitrogens is 1. The van der Waals surface area contributed by atoms with Crippen molar-refractivity contribution in [1.29, 1.82) is 0 Å². The highest BCUT2D eigenvalue weighted by Crippen LogP contribution is 2.37. The molecule has 2 rings (SSSR count). The van der Waals surface area contributed by atoms with Gasteiger partial charge in [-0.2, -0.15) is 0 Å². The number of rotatable bonds is 7. The first kappa shape index (κ1) is 17.0. The Labute approximate surface area is 132 Å². The van der Waals surface area contributed by atoms with E-state index in [1.54, 1.807) is 6.92 Å².